The fraction of sp³-hybridized carbons (Fsp3) is 0.200. The highest BCUT2D eigenvalue weighted by Gasteiger charge is 2.22. The van der Waals surface area contributed by atoms with Crippen molar-refractivity contribution in [1.29, 1.82) is 0 Å². The van der Waals surface area contributed by atoms with Gasteiger partial charge in [0.25, 0.3) is 16.5 Å². The largest absolute Gasteiger partial charge is 0.290 e. The van der Waals surface area contributed by atoms with Gasteiger partial charge >= 0.3 is 0 Å². The second kappa shape index (κ2) is 4.71. The third-order valence-electron chi connectivity index (χ3n) is 2.07. The highest BCUT2D eigenvalue weighted by molar-refractivity contribution is 7.90. The maximum absolute atomic E-state index is 12.7. The Morgan fingerprint density at radius 3 is 2.12 bits per heavy atom. The summed E-state index contributed by atoms with van der Waals surface area (Å²) in [5.41, 5.74) is -0.601. The van der Waals surface area contributed by atoms with Gasteiger partial charge in [0.15, 0.2) is 0 Å². The van der Waals surface area contributed by atoms with Crippen LogP contribution in [-0.2, 0) is 10.1 Å². The fourth-order valence-electron chi connectivity index (χ4n) is 1.24. The Morgan fingerprint density at radius 2 is 1.75 bits per heavy atom. The SMILES string of the molecule is C/C(=C(/c1ccccc1)C(F)F)S(=O)(=O)O. The van der Waals surface area contributed by atoms with Gasteiger partial charge in [0, 0.05) is 5.57 Å². The van der Waals surface area contributed by atoms with Crippen LogP contribution in [0.5, 0.6) is 0 Å². The van der Waals surface area contributed by atoms with Gasteiger partial charge in [0.2, 0.25) is 0 Å². The molecule has 3 nitrogen and oxygen atoms in total. The number of allylic oxidation sites excluding steroid dienone is 2. The zero-order valence-electron chi connectivity index (χ0n) is 8.39. The fourth-order valence-corrected chi connectivity index (χ4v) is 1.72. The molecule has 0 aromatic heterocycles. The standard InChI is InChI=1S/C10H10F2O3S/c1-7(16(13,14)15)9(10(11)12)8-5-3-2-4-6-8/h2-6,10H,1H3,(H,13,14,15)/b9-7+. The van der Waals surface area contributed by atoms with Crippen molar-refractivity contribution in [3.8, 4) is 0 Å². The minimum atomic E-state index is -4.60. The molecule has 0 bridgehead atoms. The zero-order chi connectivity index (χ0) is 12.3. The molecular formula is C10H10F2O3S. The summed E-state index contributed by atoms with van der Waals surface area (Å²) in [6.45, 7) is 0.948. The molecule has 6 heteroatoms. The molecule has 16 heavy (non-hydrogen) atoms. The molecule has 0 spiro atoms. The average Bonchev–Trinajstić information content (AvgIpc) is 2.17. The molecule has 0 atom stereocenters. The summed E-state index contributed by atoms with van der Waals surface area (Å²) in [6, 6.07) is 7.35. The first-order chi connectivity index (χ1) is 7.34. The van der Waals surface area contributed by atoms with Crippen LogP contribution in [0.3, 0.4) is 0 Å². The third kappa shape index (κ3) is 2.86. The molecule has 0 amide bonds. The van der Waals surface area contributed by atoms with Crippen LogP contribution in [0, 0.1) is 0 Å². The van der Waals surface area contributed by atoms with Gasteiger partial charge in [-0.05, 0) is 12.5 Å². The van der Waals surface area contributed by atoms with E-state index >= 15 is 0 Å². The summed E-state index contributed by atoms with van der Waals surface area (Å²) in [4.78, 5) is -0.728. The number of hydrogen-bond acceptors (Lipinski definition) is 2. The smallest absolute Gasteiger partial charge is 0.282 e. The Labute approximate surface area is 92.2 Å². The average molecular weight is 248 g/mol. The van der Waals surface area contributed by atoms with E-state index in [-0.39, 0.29) is 5.56 Å². The van der Waals surface area contributed by atoms with Crippen LogP contribution in [0.25, 0.3) is 5.57 Å². The lowest BCUT2D eigenvalue weighted by molar-refractivity contribution is 0.214. The van der Waals surface area contributed by atoms with E-state index in [1.54, 1.807) is 6.07 Å². The molecule has 0 unspecified atom stereocenters. The van der Waals surface area contributed by atoms with Gasteiger partial charge in [-0.3, -0.25) is 4.55 Å². The van der Waals surface area contributed by atoms with Crippen molar-refractivity contribution in [2.45, 2.75) is 13.3 Å². The predicted octanol–water partition coefficient (Wildman–Crippen LogP) is 2.57. The van der Waals surface area contributed by atoms with Crippen LogP contribution >= 0.6 is 0 Å². The molecule has 0 aliphatic carbocycles. The Morgan fingerprint density at radius 1 is 1.25 bits per heavy atom. The lowest BCUT2D eigenvalue weighted by atomic mass is 10.1. The molecule has 0 heterocycles. The molecule has 1 aromatic rings. The van der Waals surface area contributed by atoms with Crippen LogP contribution < -0.4 is 0 Å². The Balaban J connectivity index is 3.43. The number of hydrogen-bond donors (Lipinski definition) is 1. The van der Waals surface area contributed by atoms with Crippen molar-refractivity contribution in [3.05, 3.63) is 40.8 Å². The van der Waals surface area contributed by atoms with Crippen molar-refractivity contribution in [1.82, 2.24) is 0 Å². The minimum Gasteiger partial charge on any atom is -0.282 e. The lowest BCUT2D eigenvalue weighted by Gasteiger charge is -2.09. The summed E-state index contributed by atoms with van der Waals surface area (Å²) in [5, 5.41) is 0. The molecule has 0 saturated heterocycles. The van der Waals surface area contributed by atoms with Gasteiger partial charge in [0.05, 0.1) is 4.91 Å². The summed E-state index contributed by atoms with van der Waals surface area (Å²) >= 11 is 0. The molecule has 1 aromatic carbocycles. The van der Waals surface area contributed by atoms with E-state index in [1.165, 1.54) is 24.3 Å². The first-order valence-corrected chi connectivity index (χ1v) is 5.80. The van der Waals surface area contributed by atoms with Gasteiger partial charge in [0.1, 0.15) is 0 Å². The van der Waals surface area contributed by atoms with E-state index in [9.17, 15) is 17.2 Å². The first-order valence-electron chi connectivity index (χ1n) is 4.36. The van der Waals surface area contributed by atoms with Crippen LogP contribution in [0.2, 0.25) is 0 Å². The zero-order valence-corrected chi connectivity index (χ0v) is 9.21. The van der Waals surface area contributed by atoms with E-state index in [1.807, 2.05) is 0 Å². The highest BCUT2D eigenvalue weighted by Crippen LogP contribution is 2.27. The van der Waals surface area contributed by atoms with Gasteiger partial charge in [-0.1, -0.05) is 30.3 Å². The molecule has 0 aliphatic heterocycles. The maximum atomic E-state index is 12.7. The molecule has 0 saturated carbocycles. The first kappa shape index (κ1) is 12.8. The quantitative estimate of drug-likeness (QED) is 0.836. The summed E-state index contributed by atoms with van der Waals surface area (Å²) in [6.07, 6.45) is -2.97. The molecule has 1 rings (SSSR count). The molecule has 1 N–H and O–H groups in total. The van der Waals surface area contributed by atoms with Gasteiger partial charge in [-0.2, -0.15) is 8.42 Å². The van der Waals surface area contributed by atoms with Crippen LogP contribution in [0.15, 0.2) is 35.2 Å². The summed E-state index contributed by atoms with van der Waals surface area (Å²) in [5.74, 6) is 0. The number of alkyl halides is 2. The van der Waals surface area contributed by atoms with Gasteiger partial charge in [-0.25, -0.2) is 8.78 Å². The predicted molar refractivity (Wildman–Crippen MR) is 56.6 cm³/mol. The lowest BCUT2D eigenvalue weighted by Crippen LogP contribution is -2.07. The molecule has 0 radical (unpaired) electrons. The molecule has 0 aliphatic rings. The Kier molecular flexibility index (Phi) is 3.77. The van der Waals surface area contributed by atoms with Crippen molar-refractivity contribution >= 4 is 15.7 Å². The summed E-state index contributed by atoms with van der Waals surface area (Å²) in [7, 11) is -4.60. The van der Waals surface area contributed by atoms with E-state index in [0.29, 0.717) is 0 Å². The summed E-state index contributed by atoms with van der Waals surface area (Å²) < 4.78 is 55.8. The van der Waals surface area contributed by atoms with Crippen molar-refractivity contribution in [2.75, 3.05) is 0 Å². The topological polar surface area (TPSA) is 54.4 Å². The van der Waals surface area contributed by atoms with Gasteiger partial charge < -0.3 is 0 Å². The maximum Gasteiger partial charge on any atom is 0.290 e. The number of halogens is 2. The van der Waals surface area contributed by atoms with E-state index in [2.05, 4.69) is 0 Å². The highest BCUT2D eigenvalue weighted by atomic mass is 32.2. The van der Waals surface area contributed by atoms with E-state index in [4.69, 9.17) is 4.55 Å². The van der Waals surface area contributed by atoms with Crippen LogP contribution in [0.1, 0.15) is 12.5 Å². The van der Waals surface area contributed by atoms with Crippen molar-refractivity contribution in [2.24, 2.45) is 0 Å². The monoisotopic (exact) mass is 248 g/mol. The normalized spacial score (nSPS) is 13.8. The Bertz CT molecular complexity index is 492. The van der Waals surface area contributed by atoms with E-state index in [0.717, 1.165) is 6.92 Å². The molecule has 0 fully saturated rings. The number of benzene rings is 1. The van der Waals surface area contributed by atoms with Crippen molar-refractivity contribution in [3.63, 3.8) is 0 Å². The van der Waals surface area contributed by atoms with Gasteiger partial charge in [-0.15, -0.1) is 0 Å². The second-order valence-electron chi connectivity index (χ2n) is 3.11. The van der Waals surface area contributed by atoms with Crippen molar-refractivity contribution < 1.29 is 21.8 Å². The van der Waals surface area contributed by atoms with Crippen LogP contribution in [0.4, 0.5) is 8.78 Å². The molecular weight excluding hydrogens is 238 g/mol. The van der Waals surface area contributed by atoms with E-state index < -0.39 is 27.0 Å². The minimum absolute atomic E-state index is 0.0765. The Hall–Kier alpha value is -1.27. The molecule has 88 valence electrons. The second-order valence-corrected chi connectivity index (χ2v) is 4.67. The third-order valence-corrected chi connectivity index (χ3v) is 3.06. The van der Waals surface area contributed by atoms with Crippen LogP contribution in [-0.4, -0.2) is 19.4 Å². The number of rotatable bonds is 3.